The molecule has 1 atom stereocenters. The topological polar surface area (TPSA) is 41.6 Å². The predicted octanol–water partition coefficient (Wildman–Crippen LogP) is 3.86. The highest BCUT2D eigenvalue weighted by Crippen LogP contribution is 2.30. The molecule has 0 bridgehead atoms. The summed E-state index contributed by atoms with van der Waals surface area (Å²) in [5.74, 6) is -0.413. The van der Waals surface area contributed by atoms with E-state index >= 15 is 0 Å². The first-order valence-corrected chi connectivity index (χ1v) is 7.48. The molecule has 0 aliphatic carbocycles. The number of halogens is 4. The molecule has 0 saturated heterocycles. The number of hydrazone groups is 1. The summed E-state index contributed by atoms with van der Waals surface area (Å²) in [6.07, 6.45) is -3.45. The van der Waals surface area contributed by atoms with Gasteiger partial charge >= 0.3 is 6.18 Å². The van der Waals surface area contributed by atoms with E-state index in [1.807, 2.05) is 0 Å². The number of likely N-dealkylation sites (N-methyl/N-ethyl adjacent to an activating group) is 1. The number of hydrogen-bond donors (Lipinski definition) is 1. The molecule has 3 nitrogen and oxygen atoms in total. The SMILES string of the molecule is CN1N=C(c2ccc(C(F)(F)F)cc2)C(=Cc2ccccc2F)C1N. The van der Waals surface area contributed by atoms with Crippen LogP contribution in [0.15, 0.2) is 59.2 Å². The molecule has 2 aromatic rings. The van der Waals surface area contributed by atoms with Crippen molar-refractivity contribution in [2.24, 2.45) is 10.8 Å². The molecule has 0 radical (unpaired) electrons. The molecule has 2 aromatic carbocycles. The standard InChI is InChI=1S/C18H15F4N3/c1-25-17(23)14(10-12-4-2-3-5-15(12)19)16(24-25)11-6-8-13(9-7-11)18(20,21)22/h2-10,17H,23H2,1H3. The summed E-state index contributed by atoms with van der Waals surface area (Å²) >= 11 is 0. The fraction of sp³-hybridized carbons (Fsp3) is 0.167. The second kappa shape index (κ2) is 6.33. The van der Waals surface area contributed by atoms with E-state index in [9.17, 15) is 17.6 Å². The second-order valence-corrected chi connectivity index (χ2v) is 5.66. The van der Waals surface area contributed by atoms with Crippen LogP contribution in [0.3, 0.4) is 0 Å². The van der Waals surface area contributed by atoms with E-state index in [0.717, 1.165) is 12.1 Å². The van der Waals surface area contributed by atoms with Gasteiger partial charge in [-0.05, 0) is 24.3 Å². The summed E-state index contributed by atoms with van der Waals surface area (Å²) in [6, 6.07) is 10.8. The molecule has 3 rings (SSSR count). The maximum atomic E-state index is 13.9. The Morgan fingerprint density at radius 1 is 1.08 bits per heavy atom. The quantitative estimate of drug-likeness (QED) is 0.837. The van der Waals surface area contributed by atoms with Gasteiger partial charge in [0.1, 0.15) is 12.0 Å². The van der Waals surface area contributed by atoms with Crippen molar-refractivity contribution >= 4 is 11.8 Å². The van der Waals surface area contributed by atoms with Crippen molar-refractivity contribution in [2.45, 2.75) is 12.3 Å². The van der Waals surface area contributed by atoms with Crippen LogP contribution >= 0.6 is 0 Å². The molecule has 2 N–H and O–H groups in total. The number of nitrogens with two attached hydrogens (primary N) is 1. The molecule has 25 heavy (non-hydrogen) atoms. The van der Waals surface area contributed by atoms with Gasteiger partial charge in [-0.15, -0.1) is 0 Å². The number of alkyl halides is 3. The molecule has 1 aliphatic heterocycles. The summed E-state index contributed by atoms with van der Waals surface area (Å²) in [7, 11) is 1.65. The lowest BCUT2D eigenvalue weighted by Crippen LogP contribution is -2.33. The molecule has 1 aliphatic rings. The maximum absolute atomic E-state index is 13.9. The largest absolute Gasteiger partial charge is 0.416 e. The molecule has 0 spiro atoms. The molecule has 7 heteroatoms. The fourth-order valence-electron chi connectivity index (χ4n) is 2.57. The summed E-state index contributed by atoms with van der Waals surface area (Å²) in [5.41, 5.74) is 7.12. The maximum Gasteiger partial charge on any atom is 0.416 e. The van der Waals surface area contributed by atoms with Gasteiger partial charge in [0.2, 0.25) is 0 Å². The van der Waals surface area contributed by atoms with Crippen LogP contribution in [0.4, 0.5) is 17.6 Å². The van der Waals surface area contributed by atoms with E-state index < -0.39 is 23.7 Å². The van der Waals surface area contributed by atoms with Gasteiger partial charge < -0.3 is 5.73 Å². The molecule has 0 amide bonds. The summed E-state index contributed by atoms with van der Waals surface area (Å²) in [5, 5.41) is 5.78. The van der Waals surface area contributed by atoms with E-state index in [2.05, 4.69) is 5.10 Å². The van der Waals surface area contributed by atoms with Gasteiger partial charge in [-0.3, -0.25) is 5.01 Å². The van der Waals surface area contributed by atoms with Crippen LogP contribution in [0, 0.1) is 5.82 Å². The number of rotatable bonds is 2. The van der Waals surface area contributed by atoms with E-state index in [4.69, 9.17) is 5.73 Å². The van der Waals surface area contributed by atoms with E-state index in [1.165, 1.54) is 23.2 Å². The third-order valence-electron chi connectivity index (χ3n) is 3.95. The average molecular weight is 349 g/mol. The minimum Gasteiger partial charge on any atom is -0.306 e. The van der Waals surface area contributed by atoms with Crippen LogP contribution < -0.4 is 5.73 Å². The van der Waals surface area contributed by atoms with Gasteiger partial charge in [0.15, 0.2) is 0 Å². The average Bonchev–Trinajstić information content (AvgIpc) is 2.84. The third kappa shape index (κ3) is 3.41. The summed E-state index contributed by atoms with van der Waals surface area (Å²) in [6.45, 7) is 0. The van der Waals surface area contributed by atoms with Gasteiger partial charge in [0, 0.05) is 23.7 Å². The van der Waals surface area contributed by atoms with Gasteiger partial charge in [-0.2, -0.15) is 18.3 Å². The highest BCUT2D eigenvalue weighted by Gasteiger charge is 2.31. The van der Waals surface area contributed by atoms with E-state index in [-0.39, 0.29) is 0 Å². The third-order valence-corrected chi connectivity index (χ3v) is 3.95. The molecule has 1 unspecified atom stereocenters. The fourth-order valence-corrected chi connectivity index (χ4v) is 2.57. The molecular formula is C18H15F4N3. The minimum atomic E-state index is -4.41. The van der Waals surface area contributed by atoms with Crippen molar-refractivity contribution < 1.29 is 17.6 Å². The molecule has 130 valence electrons. The minimum absolute atomic E-state index is 0.336. The Balaban J connectivity index is 2.02. The van der Waals surface area contributed by atoms with Crippen molar-refractivity contribution in [1.82, 2.24) is 5.01 Å². The Bertz CT molecular complexity index is 838. The zero-order valence-electron chi connectivity index (χ0n) is 13.3. The van der Waals surface area contributed by atoms with E-state index in [1.54, 1.807) is 31.3 Å². The van der Waals surface area contributed by atoms with Crippen LogP contribution in [0.1, 0.15) is 16.7 Å². The van der Waals surface area contributed by atoms with Crippen molar-refractivity contribution in [2.75, 3.05) is 7.05 Å². The first kappa shape index (κ1) is 17.2. The first-order chi connectivity index (χ1) is 11.8. The van der Waals surface area contributed by atoms with Crippen LogP contribution in [-0.2, 0) is 6.18 Å². The number of benzene rings is 2. The molecule has 1 heterocycles. The molecule has 0 aromatic heterocycles. The lowest BCUT2D eigenvalue weighted by molar-refractivity contribution is -0.137. The van der Waals surface area contributed by atoms with Crippen molar-refractivity contribution in [3.05, 3.63) is 76.6 Å². The zero-order chi connectivity index (χ0) is 18.2. The van der Waals surface area contributed by atoms with Gasteiger partial charge in [-0.25, -0.2) is 4.39 Å². The summed E-state index contributed by atoms with van der Waals surface area (Å²) in [4.78, 5) is 0. The Hall–Kier alpha value is -2.67. The van der Waals surface area contributed by atoms with Crippen LogP contribution in [-0.4, -0.2) is 23.9 Å². The molecule has 0 fully saturated rings. The van der Waals surface area contributed by atoms with Gasteiger partial charge in [0.05, 0.1) is 11.3 Å². The Kier molecular flexibility index (Phi) is 4.34. The van der Waals surface area contributed by atoms with Crippen LogP contribution in [0.25, 0.3) is 6.08 Å². The predicted molar refractivity (Wildman–Crippen MR) is 88.1 cm³/mol. The Morgan fingerprint density at radius 2 is 1.72 bits per heavy atom. The lowest BCUT2D eigenvalue weighted by atomic mass is 9.98. The highest BCUT2D eigenvalue weighted by atomic mass is 19.4. The zero-order valence-corrected chi connectivity index (χ0v) is 13.3. The lowest BCUT2D eigenvalue weighted by Gasteiger charge is -2.15. The summed E-state index contributed by atoms with van der Waals surface area (Å²) < 4.78 is 52.1. The highest BCUT2D eigenvalue weighted by molar-refractivity contribution is 6.16. The van der Waals surface area contributed by atoms with Gasteiger partial charge in [-0.1, -0.05) is 30.3 Å². The Morgan fingerprint density at radius 3 is 2.32 bits per heavy atom. The number of hydrogen-bond acceptors (Lipinski definition) is 3. The van der Waals surface area contributed by atoms with Crippen molar-refractivity contribution in [3.63, 3.8) is 0 Å². The van der Waals surface area contributed by atoms with Crippen LogP contribution in [0.2, 0.25) is 0 Å². The van der Waals surface area contributed by atoms with E-state index in [0.29, 0.717) is 22.4 Å². The monoisotopic (exact) mass is 349 g/mol. The first-order valence-electron chi connectivity index (χ1n) is 7.48. The second-order valence-electron chi connectivity index (χ2n) is 5.66. The molecule has 0 saturated carbocycles. The van der Waals surface area contributed by atoms with Crippen molar-refractivity contribution in [3.8, 4) is 0 Å². The van der Waals surface area contributed by atoms with Gasteiger partial charge in [0.25, 0.3) is 0 Å². The van der Waals surface area contributed by atoms with Crippen LogP contribution in [0.5, 0.6) is 0 Å². The number of nitrogens with zero attached hydrogens (tertiary/aromatic N) is 2. The van der Waals surface area contributed by atoms with Crippen molar-refractivity contribution in [1.29, 1.82) is 0 Å². The Labute approximate surface area is 142 Å². The smallest absolute Gasteiger partial charge is 0.306 e. The normalized spacial score (nSPS) is 19.4. The molecular weight excluding hydrogens is 334 g/mol.